The highest BCUT2D eigenvalue weighted by Gasteiger charge is 2.32. The molecule has 6 heteroatoms. The first kappa shape index (κ1) is 20.3. The van der Waals surface area contributed by atoms with E-state index in [2.05, 4.69) is 25.5 Å². The zero-order valence-electron chi connectivity index (χ0n) is 17.2. The van der Waals surface area contributed by atoms with E-state index in [1.54, 1.807) is 12.1 Å². The van der Waals surface area contributed by atoms with E-state index < -0.39 is 10.0 Å². The average Bonchev–Trinajstić information content (AvgIpc) is 2.98. The fourth-order valence-corrected chi connectivity index (χ4v) is 5.34. The van der Waals surface area contributed by atoms with Gasteiger partial charge in [-0.1, -0.05) is 32.4 Å². The van der Waals surface area contributed by atoms with Crippen LogP contribution in [0, 0.1) is 18.3 Å². The van der Waals surface area contributed by atoms with Gasteiger partial charge < -0.3 is 4.42 Å². The molecule has 154 valence electrons. The second kappa shape index (κ2) is 7.06. The Morgan fingerprint density at radius 1 is 1.14 bits per heavy atom. The highest BCUT2D eigenvalue weighted by Crippen LogP contribution is 2.42. The number of nitrogens with one attached hydrogen (secondary N) is 1. The van der Waals surface area contributed by atoms with Crippen LogP contribution < -0.4 is 4.72 Å². The maximum Gasteiger partial charge on any atom is 0.261 e. The van der Waals surface area contributed by atoms with E-state index in [0.717, 1.165) is 41.6 Å². The number of aryl methyl sites for hydroxylation is 2. The third-order valence-corrected chi connectivity index (χ3v) is 7.62. The topological polar surface area (TPSA) is 59.3 Å². The zero-order valence-corrected chi connectivity index (χ0v) is 18.7. The number of hydrogen-bond acceptors (Lipinski definition) is 3. The van der Waals surface area contributed by atoms with Gasteiger partial charge in [0.25, 0.3) is 10.0 Å². The van der Waals surface area contributed by atoms with Crippen LogP contribution in [-0.2, 0) is 22.9 Å². The largest absolute Gasteiger partial charge is 0.461 e. The maximum absolute atomic E-state index is 12.8. The number of anilines is 1. The summed E-state index contributed by atoms with van der Waals surface area (Å²) in [5, 5.41) is 1.51. The van der Waals surface area contributed by atoms with Crippen LogP contribution in [0.4, 0.5) is 5.69 Å². The zero-order chi connectivity index (χ0) is 21.0. The fourth-order valence-electron chi connectivity index (χ4n) is 4.09. The minimum Gasteiger partial charge on any atom is -0.461 e. The predicted octanol–water partition coefficient (Wildman–Crippen LogP) is 6.35. The van der Waals surface area contributed by atoms with Gasteiger partial charge in [0.1, 0.15) is 11.3 Å². The van der Waals surface area contributed by atoms with Gasteiger partial charge in [0.15, 0.2) is 0 Å². The molecule has 0 aliphatic heterocycles. The summed E-state index contributed by atoms with van der Waals surface area (Å²) < 4.78 is 34.5. The predicted molar refractivity (Wildman–Crippen MR) is 118 cm³/mol. The Bertz CT molecular complexity index is 1170. The highest BCUT2D eigenvalue weighted by molar-refractivity contribution is 7.92. The molecule has 0 unspecified atom stereocenters. The Morgan fingerprint density at radius 2 is 1.83 bits per heavy atom. The lowest BCUT2D eigenvalue weighted by molar-refractivity contribution is 0.210. The lowest BCUT2D eigenvalue weighted by atomic mass is 9.71. The SMILES string of the molecule is Cc1cc2oc3c(c2cc1NS(=O)(=O)c1ccc(Cl)cc1)C[C@@H](C(C)(C)C)CC3. The van der Waals surface area contributed by atoms with Crippen LogP contribution in [0.5, 0.6) is 0 Å². The van der Waals surface area contributed by atoms with Crippen molar-refractivity contribution in [2.75, 3.05) is 4.72 Å². The van der Waals surface area contributed by atoms with Crippen molar-refractivity contribution in [1.82, 2.24) is 0 Å². The summed E-state index contributed by atoms with van der Waals surface area (Å²) in [6, 6.07) is 10.0. The van der Waals surface area contributed by atoms with Gasteiger partial charge in [-0.15, -0.1) is 0 Å². The molecular weight excluding hydrogens is 406 g/mol. The summed E-state index contributed by atoms with van der Waals surface area (Å²) in [7, 11) is -3.70. The van der Waals surface area contributed by atoms with E-state index >= 15 is 0 Å². The Labute approximate surface area is 177 Å². The van der Waals surface area contributed by atoms with Gasteiger partial charge in [0.2, 0.25) is 0 Å². The molecule has 3 aromatic rings. The van der Waals surface area contributed by atoms with Gasteiger partial charge in [0.05, 0.1) is 10.6 Å². The molecule has 0 bridgehead atoms. The summed E-state index contributed by atoms with van der Waals surface area (Å²) in [6.45, 7) is 8.72. The van der Waals surface area contributed by atoms with E-state index in [1.165, 1.54) is 17.7 Å². The van der Waals surface area contributed by atoms with Crippen molar-refractivity contribution in [3.05, 3.63) is 58.3 Å². The Hall–Kier alpha value is -1.98. The summed E-state index contributed by atoms with van der Waals surface area (Å²) in [5.74, 6) is 1.61. The van der Waals surface area contributed by atoms with Gasteiger partial charge >= 0.3 is 0 Å². The van der Waals surface area contributed by atoms with Crippen LogP contribution >= 0.6 is 11.6 Å². The molecule has 1 atom stereocenters. The minimum atomic E-state index is -3.70. The second-order valence-corrected chi connectivity index (χ2v) is 11.2. The van der Waals surface area contributed by atoms with Crippen LogP contribution in [0.15, 0.2) is 45.7 Å². The number of benzene rings is 2. The molecule has 1 aliphatic rings. The minimum absolute atomic E-state index is 0.184. The summed E-state index contributed by atoms with van der Waals surface area (Å²) >= 11 is 5.89. The van der Waals surface area contributed by atoms with E-state index in [0.29, 0.717) is 16.6 Å². The molecule has 2 aromatic carbocycles. The Kier molecular flexibility index (Phi) is 4.94. The average molecular weight is 432 g/mol. The third-order valence-electron chi connectivity index (χ3n) is 5.98. The molecular formula is C23H26ClNO3S. The van der Waals surface area contributed by atoms with Crippen molar-refractivity contribution in [3.8, 4) is 0 Å². The lowest BCUT2D eigenvalue weighted by Gasteiger charge is -2.33. The lowest BCUT2D eigenvalue weighted by Crippen LogP contribution is -2.26. The molecule has 0 spiro atoms. The Balaban J connectivity index is 1.73. The van der Waals surface area contributed by atoms with Crippen LogP contribution in [0.2, 0.25) is 5.02 Å². The van der Waals surface area contributed by atoms with Gasteiger partial charge in [-0.3, -0.25) is 4.72 Å². The number of hydrogen-bond donors (Lipinski definition) is 1. The van der Waals surface area contributed by atoms with Crippen LogP contribution in [0.25, 0.3) is 11.0 Å². The molecule has 1 aromatic heterocycles. The van der Waals surface area contributed by atoms with Gasteiger partial charge in [-0.2, -0.15) is 0 Å². The van der Waals surface area contributed by atoms with Crippen molar-refractivity contribution in [1.29, 1.82) is 0 Å². The van der Waals surface area contributed by atoms with Crippen LogP contribution in [-0.4, -0.2) is 8.42 Å². The molecule has 0 fully saturated rings. The standard InChI is InChI=1S/C23H26ClNO3S/c1-14-11-22-19(18-12-15(23(2,3)4)5-10-21(18)28-22)13-20(14)25-29(26,27)17-8-6-16(24)7-9-17/h6-9,11,13,15,25H,5,10,12H2,1-4H3/t15-/m0/s1. The smallest absolute Gasteiger partial charge is 0.261 e. The van der Waals surface area contributed by atoms with Crippen molar-refractivity contribution in [3.63, 3.8) is 0 Å². The van der Waals surface area contributed by atoms with Crippen molar-refractivity contribution in [2.45, 2.75) is 51.9 Å². The van der Waals surface area contributed by atoms with Gasteiger partial charge in [-0.25, -0.2) is 8.42 Å². The fraction of sp³-hybridized carbons (Fsp3) is 0.391. The molecule has 4 rings (SSSR count). The maximum atomic E-state index is 12.8. The monoisotopic (exact) mass is 431 g/mol. The molecule has 1 aliphatic carbocycles. The first-order valence-electron chi connectivity index (χ1n) is 9.88. The first-order valence-corrected chi connectivity index (χ1v) is 11.7. The molecule has 1 heterocycles. The van der Waals surface area contributed by atoms with Gasteiger partial charge in [0, 0.05) is 22.4 Å². The molecule has 1 N–H and O–H groups in total. The Morgan fingerprint density at radius 3 is 2.48 bits per heavy atom. The normalized spacial score (nSPS) is 17.3. The van der Waals surface area contributed by atoms with Gasteiger partial charge in [-0.05, 0) is 73.1 Å². The van der Waals surface area contributed by atoms with E-state index in [9.17, 15) is 8.42 Å². The van der Waals surface area contributed by atoms with E-state index in [-0.39, 0.29) is 10.3 Å². The molecule has 29 heavy (non-hydrogen) atoms. The highest BCUT2D eigenvalue weighted by atomic mass is 35.5. The summed E-state index contributed by atoms with van der Waals surface area (Å²) in [5.41, 5.74) is 3.68. The molecule has 0 radical (unpaired) electrons. The second-order valence-electron chi connectivity index (χ2n) is 9.03. The number of halogens is 1. The number of sulfonamides is 1. The first-order chi connectivity index (χ1) is 13.5. The van der Waals surface area contributed by atoms with Crippen molar-refractivity contribution >= 4 is 38.3 Å². The molecule has 0 saturated carbocycles. The molecule has 4 nitrogen and oxygen atoms in total. The summed E-state index contributed by atoms with van der Waals surface area (Å²) in [4.78, 5) is 0.184. The molecule has 0 amide bonds. The third kappa shape index (κ3) is 3.90. The number of rotatable bonds is 3. The van der Waals surface area contributed by atoms with Crippen LogP contribution in [0.3, 0.4) is 0 Å². The summed E-state index contributed by atoms with van der Waals surface area (Å²) in [6.07, 6.45) is 3.00. The van der Waals surface area contributed by atoms with E-state index in [4.69, 9.17) is 16.0 Å². The van der Waals surface area contributed by atoms with E-state index in [1.807, 2.05) is 19.1 Å². The number of fused-ring (bicyclic) bond motifs is 3. The van der Waals surface area contributed by atoms with Crippen LogP contribution in [0.1, 0.15) is 44.1 Å². The van der Waals surface area contributed by atoms with Crippen molar-refractivity contribution in [2.24, 2.45) is 11.3 Å². The van der Waals surface area contributed by atoms with Crippen molar-refractivity contribution < 1.29 is 12.8 Å². The quantitative estimate of drug-likeness (QED) is 0.525. The molecule has 0 saturated heterocycles. The number of furan rings is 1.